The van der Waals surface area contributed by atoms with Crippen LogP contribution in [-0.2, 0) is 9.53 Å². The lowest BCUT2D eigenvalue weighted by Gasteiger charge is -2.27. The van der Waals surface area contributed by atoms with Gasteiger partial charge in [0.1, 0.15) is 0 Å². The number of nitrogens with zero attached hydrogens (tertiary/aromatic N) is 2. The predicted molar refractivity (Wildman–Crippen MR) is 69.9 cm³/mol. The molecule has 1 aromatic heterocycles. The Morgan fingerprint density at radius 1 is 1.58 bits per heavy atom. The molecule has 1 saturated heterocycles. The van der Waals surface area contributed by atoms with Crippen LogP contribution in [0, 0.1) is 18.8 Å². The molecule has 1 aliphatic rings. The Kier molecular flexibility index (Phi) is 4.68. The minimum Gasteiger partial charge on any atom is -0.481 e. The van der Waals surface area contributed by atoms with E-state index in [-0.39, 0.29) is 5.92 Å². The van der Waals surface area contributed by atoms with Gasteiger partial charge in [0.15, 0.2) is 0 Å². The van der Waals surface area contributed by atoms with Crippen molar-refractivity contribution in [1.29, 1.82) is 0 Å². The van der Waals surface area contributed by atoms with Crippen molar-refractivity contribution in [3.05, 3.63) is 18.0 Å². The van der Waals surface area contributed by atoms with Gasteiger partial charge in [-0.1, -0.05) is 0 Å². The van der Waals surface area contributed by atoms with Crippen molar-refractivity contribution in [2.75, 3.05) is 25.1 Å². The van der Waals surface area contributed by atoms with Gasteiger partial charge in [-0.3, -0.25) is 4.79 Å². The molecule has 6 nitrogen and oxygen atoms in total. The average molecular weight is 265 g/mol. The largest absolute Gasteiger partial charge is 0.481 e. The van der Waals surface area contributed by atoms with Gasteiger partial charge in [0.05, 0.1) is 5.92 Å². The minimum absolute atomic E-state index is 0.156. The zero-order chi connectivity index (χ0) is 13.7. The monoisotopic (exact) mass is 265 g/mol. The summed E-state index contributed by atoms with van der Waals surface area (Å²) < 4.78 is 5.27. The topological polar surface area (TPSA) is 84.3 Å². The Morgan fingerprint density at radius 3 is 2.95 bits per heavy atom. The Hall–Kier alpha value is -1.69. The summed E-state index contributed by atoms with van der Waals surface area (Å²) in [5.41, 5.74) is 0.857. The number of hydrogen-bond donors (Lipinski definition) is 2. The zero-order valence-corrected chi connectivity index (χ0v) is 11.0. The first-order chi connectivity index (χ1) is 9.16. The van der Waals surface area contributed by atoms with Gasteiger partial charge in [0.2, 0.25) is 5.95 Å². The molecule has 0 bridgehead atoms. The van der Waals surface area contributed by atoms with Gasteiger partial charge >= 0.3 is 5.97 Å². The highest BCUT2D eigenvalue weighted by atomic mass is 16.5. The normalized spacial score (nSPS) is 17.9. The number of aromatic nitrogens is 2. The van der Waals surface area contributed by atoms with Crippen molar-refractivity contribution in [2.24, 2.45) is 11.8 Å². The van der Waals surface area contributed by atoms with E-state index in [4.69, 9.17) is 4.74 Å². The molecule has 104 valence electrons. The molecule has 0 saturated carbocycles. The van der Waals surface area contributed by atoms with Gasteiger partial charge < -0.3 is 15.2 Å². The smallest absolute Gasteiger partial charge is 0.308 e. The summed E-state index contributed by atoms with van der Waals surface area (Å²) in [4.78, 5) is 19.7. The Labute approximate surface area is 112 Å². The summed E-state index contributed by atoms with van der Waals surface area (Å²) in [7, 11) is 0. The second-order valence-corrected chi connectivity index (χ2v) is 4.80. The SMILES string of the molecule is Cc1ccnc(NCC(C(=O)O)C2CCOCC2)n1. The van der Waals surface area contributed by atoms with E-state index in [0.29, 0.717) is 25.7 Å². The van der Waals surface area contributed by atoms with Gasteiger partial charge in [-0.15, -0.1) is 0 Å². The number of carbonyl (C=O) groups is 1. The molecule has 1 unspecified atom stereocenters. The van der Waals surface area contributed by atoms with Gasteiger partial charge in [-0.2, -0.15) is 0 Å². The number of anilines is 1. The van der Waals surface area contributed by atoms with E-state index in [2.05, 4.69) is 15.3 Å². The molecule has 19 heavy (non-hydrogen) atoms. The van der Waals surface area contributed by atoms with E-state index < -0.39 is 11.9 Å². The molecule has 0 aliphatic carbocycles. The van der Waals surface area contributed by atoms with Crippen LogP contribution in [0.3, 0.4) is 0 Å². The van der Waals surface area contributed by atoms with E-state index in [1.807, 2.05) is 6.92 Å². The first-order valence-electron chi connectivity index (χ1n) is 6.51. The van der Waals surface area contributed by atoms with Gasteiger partial charge in [-0.05, 0) is 31.7 Å². The fourth-order valence-corrected chi connectivity index (χ4v) is 2.31. The third-order valence-corrected chi connectivity index (χ3v) is 3.43. The molecule has 0 spiro atoms. The van der Waals surface area contributed by atoms with Gasteiger partial charge in [0.25, 0.3) is 0 Å². The fourth-order valence-electron chi connectivity index (χ4n) is 2.31. The van der Waals surface area contributed by atoms with Crippen molar-refractivity contribution in [2.45, 2.75) is 19.8 Å². The molecule has 1 aromatic rings. The fraction of sp³-hybridized carbons (Fsp3) is 0.615. The van der Waals surface area contributed by atoms with Crippen molar-refractivity contribution in [3.8, 4) is 0 Å². The number of carboxylic acid groups (broad SMARTS) is 1. The van der Waals surface area contributed by atoms with Crippen LogP contribution >= 0.6 is 0 Å². The maximum atomic E-state index is 11.4. The second kappa shape index (κ2) is 6.47. The third-order valence-electron chi connectivity index (χ3n) is 3.43. The van der Waals surface area contributed by atoms with E-state index >= 15 is 0 Å². The predicted octanol–water partition coefficient (Wildman–Crippen LogP) is 1.32. The van der Waals surface area contributed by atoms with Crippen LogP contribution in [-0.4, -0.2) is 40.8 Å². The number of hydrogen-bond acceptors (Lipinski definition) is 5. The van der Waals surface area contributed by atoms with Crippen LogP contribution in [0.4, 0.5) is 5.95 Å². The summed E-state index contributed by atoms with van der Waals surface area (Å²) in [6.45, 7) is 3.52. The van der Waals surface area contributed by atoms with E-state index in [9.17, 15) is 9.90 Å². The van der Waals surface area contributed by atoms with Crippen LogP contribution in [0.2, 0.25) is 0 Å². The maximum absolute atomic E-state index is 11.4. The van der Waals surface area contributed by atoms with Crippen LogP contribution < -0.4 is 5.32 Å². The first-order valence-corrected chi connectivity index (χ1v) is 6.51. The van der Waals surface area contributed by atoms with Gasteiger partial charge in [0, 0.05) is 31.6 Å². The molecule has 2 rings (SSSR count). The molecular formula is C13H19N3O3. The standard InChI is InChI=1S/C13H19N3O3/c1-9-2-5-14-13(16-9)15-8-11(12(17)18)10-3-6-19-7-4-10/h2,5,10-11H,3-4,6-8H2,1H3,(H,17,18)(H,14,15,16). The number of nitrogens with one attached hydrogen (secondary N) is 1. The lowest BCUT2D eigenvalue weighted by atomic mass is 9.86. The van der Waals surface area contributed by atoms with Crippen LogP contribution in [0.15, 0.2) is 12.3 Å². The number of aliphatic carboxylic acids is 1. The van der Waals surface area contributed by atoms with E-state index in [1.54, 1.807) is 12.3 Å². The summed E-state index contributed by atoms with van der Waals surface area (Å²) in [6, 6.07) is 1.80. The van der Waals surface area contributed by atoms with Gasteiger partial charge in [-0.25, -0.2) is 9.97 Å². The van der Waals surface area contributed by atoms with Crippen LogP contribution in [0.1, 0.15) is 18.5 Å². The first kappa shape index (κ1) is 13.7. The molecule has 0 amide bonds. The summed E-state index contributed by atoms with van der Waals surface area (Å²) in [5, 5.41) is 12.4. The quantitative estimate of drug-likeness (QED) is 0.835. The number of ether oxygens (including phenoxy) is 1. The number of carboxylic acids is 1. The molecule has 0 aromatic carbocycles. The lowest BCUT2D eigenvalue weighted by Crippen LogP contribution is -2.34. The third kappa shape index (κ3) is 3.89. The molecule has 0 radical (unpaired) electrons. The molecule has 1 aliphatic heterocycles. The molecule has 6 heteroatoms. The minimum atomic E-state index is -0.771. The molecule has 1 fully saturated rings. The molecule has 2 N–H and O–H groups in total. The molecule has 2 heterocycles. The van der Waals surface area contributed by atoms with Crippen molar-refractivity contribution in [3.63, 3.8) is 0 Å². The molecule has 1 atom stereocenters. The summed E-state index contributed by atoms with van der Waals surface area (Å²) >= 11 is 0. The van der Waals surface area contributed by atoms with E-state index in [1.165, 1.54) is 0 Å². The highest BCUT2D eigenvalue weighted by molar-refractivity contribution is 5.71. The van der Waals surface area contributed by atoms with Crippen LogP contribution in [0.5, 0.6) is 0 Å². The Balaban J connectivity index is 1.95. The number of rotatable bonds is 5. The summed E-state index contributed by atoms with van der Waals surface area (Å²) in [5.74, 6) is -0.554. The average Bonchev–Trinajstić information content (AvgIpc) is 2.40. The van der Waals surface area contributed by atoms with Crippen molar-refractivity contribution < 1.29 is 14.6 Å². The van der Waals surface area contributed by atoms with Crippen LogP contribution in [0.25, 0.3) is 0 Å². The second-order valence-electron chi connectivity index (χ2n) is 4.80. The maximum Gasteiger partial charge on any atom is 0.308 e. The van der Waals surface area contributed by atoms with Crippen molar-refractivity contribution >= 4 is 11.9 Å². The highest BCUT2D eigenvalue weighted by Gasteiger charge is 2.29. The zero-order valence-electron chi connectivity index (χ0n) is 11.0. The van der Waals surface area contributed by atoms with Crippen molar-refractivity contribution in [1.82, 2.24) is 9.97 Å². The Morgan fingerprint density at radius 2 is 2.32 bits per heavy atom. The highest BCUT2D eigenvalue weighted by Crippen LogP contribution is 2.24. The summed E-state index contributed by atoms with van der Waals surface area (Å²) in [6.07, 6.45) is 3.26. The molecular weight excluding hydrogens is 246 g/mol. The Bertz CT molecular complexity index is 433. The lowest BCUT2D eigenvalue weighted by molar-refractivity contribution is -0.144. The van der Waals surface area contributed by atoms with E-state index in [0.717, 1.165) is 18.5 Å². The number of aryl methyl sites for hydroxylation is 1.